The van der Waals surface area contributed by atoms with Gasteiger partial charge in [0.1, 0.15) is 5.75 Å². The minimum Gasteiger partial charge on any atom is -0.477 e. The molecule has 0 unspecified atom stereocenters. The normalized spacial score (nSPS) is 18.1. The van der Waals surface area contributed by atoms with Crippen molar-refractivity contribution in [3.05, 3.63) is 65.5 Å². The Kier molecular flexibility index (Phi) is 5.55. The summed E-state index contributed by atoms with van der Waals surface area (Å²) < 4.78 is 11.2. The summed E-state index contributed by atoms with van der Waals surface area (Å²) in [6.45, 7) is 2.95. The number of benzene rings is 2. The van der Waals surface area contributed by atoms with Crippen LogP contribution in [0, 0.1) is 0 Å². The predicted molar refractivity (Wildman–Crippen MR) is 125 cm³/mol. The number of primary amides is 1. The number of rotatable bonds is 4. The second-order valence-electron chi connectivity index (χ2n) is 7.69. The number of amides is 2. The topological polar surface area (TPSA) is 85.1 Å². The fourth-order valence-corrected chi connectivity index (χ4v) is 5.20. The zero-order valence-corrected chi connectivity index (χ0v) is 18.2. The number of carbonyl (C=O) groups excluding carboxylic acids is 2. The fourth-order valence-electron chi connectivity index (χ4n) is 4.02. The third-order valence-electron chi connectivity index (χ3n) is 5.64. The van der Waals surface area contributed by atoms with Crippen molar-refractivity contribution in [2.24, 2.45) is 5.73 Å². The molecule has 2 N–H and O–H groups in total. The molecule has 1 atom stereocenters. The van der Waals surface area contributed by atoms with E-state index in [0.29, 0.717) is 29.5 Å². The molecule has 3 aromatic rings. The van der Waals surface area contributed by atoms with Crippen LogP contribution in [-0.2, 0) is 9.53 Å². The van der Waals surface area contributed by atoms with Crippen molar-refractivity contribution >= 4 is 33.8 Å². The van der Waals surface area contributed by atoms with Gasteiger partial charge in [-0.1, -0.05) is 42.5 Å². The molecule has 2 aliphatic rings. The van der Waals surface area contributed by atoms with Crippen molar-refractivity contribution < 1.29 is 19.1 Å². The molecule has 32 heavy (non-hydrogen) atoms. The number of anilines is 2. The molecular formula is C24H23N3O4S. The summed E-state index contributed by atoms with van der Waals surface area (Å²) in [5.74, 6) is -0.291. The quantitative estimate of drug-likeness (QED) is 0.662. The molecular weight excluding hydrogens is 426 g/mol. The maximum atomic E-state index is 13.7. The number of nitrogens with zero attached hydrogens (tertiary/aromatic N) is 2. The summed E-state index contributed by atoms with van der Waals surface area (Å²) in [6, 6.07) is 19.2. The lowest BCUT2D eigenvalue weighted by Crippen LogP contribution is -2.49. The molecule has 0 aliphatic carbocycles. The maximum Gasteiger partial charge on any atom is 0.268 e. The Labute approximate surface area is 190 Å². The van der Waals surface area contributed by atoms with Crippen molar-refractivity contribution in [1.29, 1.82) is 0 Å². The first kappa shape index (κ1) is 20.5. The lowest BCUT2D eigenvalue weighted by molar-refractivity contribution is -0.124. The van der Waals surface area contributed by atoms with Gasteiger partial charge in [0.2, 0.25) is 0 Å². The van der Waals surface area contributed by atoms with Gasteiger partial charge in [-0.15, -0.1) is 11.3 Å². The number of ether oxygens (including phenoxy) is 2. The third-order valence-corrected chi connectivity index (χ3v) is 6.83. The molecule has 3 heterocycles. The summed E-state index contributed by atoms with van der Waals surface area (Å²) in [7, 11) is 0. The van der Waals surface area contributed by atoms with Gasteiger partial charge in [-0.05, 0) is 23.8 Å². The van der Waals surface area contributed by atoms with E-state index in [-0.39, 0.29) is 12.5 Å². The molecule has 7 nitrogen and oxygen atoms in total. The molecule has 1 fully saturated rings. The van der Waals surface area contributed by atoms with Crippen LogP contribution in [-0.4, -0.2) is 50.8 Å². The van der Waals surface area contributed by atoms with Crippen molar-refractivity contribution in [1.82, 2.24) is 0 Å². The second-order valence-corrected chi connectivity index (χ2v) is 8.72. The molecule has 0 spiro atoms. The average Bonchev–Trinajstić information content (AvgIpc) is 3.29. The van der Waals surface area contributed by atoms with Crippen LogP contribution in [0.3, 0.4) is 0 Å². The Balaban J connectivity index is 1.55. The first-order chi connectivity index (χ1) is 15.6. The number of hydrogen-bond acceptors (Lipinski definition) is 6. The smallest absolute Gasteiger partial charge is 0.268 e. The van der Waals surface area contributed by atoms with Gasteiger partial charge in [0.15, 0.2) is 6.10 Å². The average molecular weight is 450 g/mol. The molecule has 1 saturated heterocycles. The number of fused-ring (bicyclic) bond motifs is 1. The highest BCUT2D eigenvalue weighted by Gasteiger charge is 2.34. The van der Waals surface area contributed by atoms with Crippen molar-refractivity contribution in [3.8, 4) is 16.9 Å². The van der Waals surface area contributed by atoms with E-state index < -0.39 is 12.0 Å². The molecule has 1 aromatic heterocycles. The highest BCUT2D eigenvalue weighted by atomic mass is 32.1. The SMILES string of the molecule is NC(=O)[C@@H]1CN(C(=O)c2cc(-c3ccccc3)c(N3CCOCC3)s2)c2ccccc2O1. The third kappa shape index (κ3) is 3.83. The van der Waals surface area contributed by atoms with E-state index >= 15 is 0 Å². The van der Waals surface area contributed by atoms with Crippen molar-refractivity contribution in [2.45, 2.75) is 6.10 Å². The highest BCUT2D eigenvalue weighted by Crippen LogP contribution is 2.41. The molecule has 8 heteroatoms. The second kappa shape index (κ2) is 8.64. The van der Waals surface area contributed by atoms with Gasteiger partial charge in [0.05, 0.1) is 35.3 Å². The van der Waals surface area contributed by atoms with Gasteiger partial charge in [-0.3, -0.25) is 14.5 Å². The predicted octanol–water partition coefficient (Wildman–Crippen LogP) is 3.14. The standard InChI is InChI=1S/C24H23N3O4S/c25-22(28)20-15-27(18-8-4-5-9-19(18)31-20)23(29)21-14-17(16-6-2-1-3-7-16)24(32-21)26-10-12-30-13-11-26/h1-9,14,20H,10-13,15H2,(H2,25,28)/t20-/m0/s1. The Morgan fingerprint density at radius 3 is 2.47 bits per heavy atom. The van der Waals surface area contributed by atoms with E-state index in [1.165, 1.54) is 11.3 Å². The Hall–Kier alpha value is -3.36. The van der Waals surface area contributed by atoms with E-state index in [9.17, 15) is 9.59 Å². The molecule has 5 rings (SSSR count). The van der Waals surface area contributed by atoms with Crippen LogP contribution in [0.1, 0.15) is 9.67 Å². The van der Waals surface area contributed by atoms with Crippen LogP contribution in [0.25, 0.3) is 11.1 Å². The highest BCUT2D eigenvalue weighted by molar-refractivity contribution is 7.18. The van der Waals surface area contributed by atoms with Gasteiger partial charge >= 0.3 is 0 Å². The lowest BCUT2D eigenvalue weighted by atomic mass is 10.1. The molecule has 164 valence electrons. The van der Waals surface area contributed by atoms with Crippen molar-refractivity contribution in [3.63, 3.8) is 0 Å². The first-order valence-electron chi connectivity index (χ1n) is 10.5. The number of morpholine rings is 1. The van der Waals surface area contributed by atoms with E-state index in [1.54, 1.807) is 17.0 Å². The van der Waals surface area contributed by atoms with E-state index in [1.807, 2.05) is 48.5 Å². The molecule has 0 saturated carbocycles. The van der Waals surface area contributed by atoms with Crippen LogP contribution in [0.2, 0.25) is 0 Å². The van der Waals surface area contributed by atoms with Gasteiger partial charge in [-0.2, -0.15) is 0 Å². The summed E-state index contributed by atoms with van der Waals surface area (Å²) in [6.07, 6.45) is -0.888. The van der Waals surface area contributed by atoms with Gasteiger partial charge in [-0.25, -0.2) is 0 Å². The van der Waals surface area contributed by atoms with Crippen LogP contribution < -0.4 is 20.3 Å². The monoisotopic (exact) mass is 449 g/mol. The largest absolute Gasteiger partial charge is 0.477 e. The van der Waals surface area contributed by atoms with Crippen LogP contribution in [0.5, 0.6) is 5.75 Å². The summed E-state index contributed by atoms with van der Waals surface area (Å²) in [4.78, 5) is 30.0. The molecule has 2 aliphatic heterocycles. The molecule has 2 aromatic carbocycles. The minimum absolute atomic E-state index is 0.0800. The maximum absolute atomic E-state index is 13.7. The van der Waals surface area contributed by atoms with Gasteiger partial charge < -0.3 is 20.1 Å². The molecule has 0 bridgehead atoms. The van der Waals surface area contributed by atoms with Crippen molar-refractivity contribution in [2.75, 3.05) is 42.6 Å². The Morgan fingerprint density at radius 2 is 1.72 bits per heavy atom. The summed E-state index contributed by atoms with van der Waals surface area (Å²) in [5, 5.41) is 1.05. The first-order valence-corrected chi connectivity index (χ1v) is 11.3. The summed E-state index contributed by atoms with van der Waals surface area (Å²) in [5.41, 5.74) is 8.23. The molecule has 0 radical (unpaired) electrons. The van der Waals surface area contributed by atoms with E-state index in [0.717, 1.165) is 29.2 Å². The van der Waals surface area contributed by atoms with Crippen LogP contribution in [0.15, 0.2) is 60.7 Å². The number of thiophene rings is 1. The summed E-state index contributed by atoms with van der Waals surface area (Å²) >= 11 is 1.47. The van der Waals surface area contributed by atoms with Gasteiger partial charge in [0, 0.05) is 18.7 Å². The zero-order chi connectivity index (χ0) is 22.1. The Bertz CT molecular complexity index is 1140. The number of nitrogens with two attached hydrogens (primary N) is 1. The number of carbonyl (C=O) groups is 2. The number of para-hydroxylation sites is 2. The fraction of sp³-hybridized carbons (Fsp3) is 0.250. The van der Waals surface area contributed by atoms with E-state index in [2.05, 4.69) is 4.90 Å². The van der Waals surface area contributed by atoms with Crippen LogP contribution in [0.4, 0.5) is 10.7 Å². The van der Waals surface area contributed by atoms with Crippen LogP contribution >= 0.6 is 11.3 Å². The number of hydrogen-bond donors (Lipinski definition) is 1. The van der Waals surface area contributed by atoms with E-state index in [4.69, 9.17) is 15.2 Å². The lowest BCUT2D eigenvalue weighted by Gasteiger charge is -2.33. The van der Waals surface area contributed by atoms with Gasteiger partial charge in [0.25, 0.3) is 11.8 Å². The minimum atomic E-state index is -0.888. The molecule has 2 amide bonds. The zero-order valence-electron chi connectivity index (χ0n) is 17.4. The Morgan fingerprint density at radius 1 is 1.00 bits per heavy atom.